The minimum Gasteiger partial charge on any atom is -0.497 e. The predicted molar refractivity (Wildman–Crippen MR) is 139 cm³/mol. The fourth-order valence-electron chi connectivity index (χ4n) is 4.18. The molecule has 0 radical (unpaired) electrons. The lowest BCUT2D eigenvalue weighted by Crippen LogP contribution is -2.71. The highest BCUT2D eigenvalue weighted by Gasteiger charge is 2.63. The highest BCUT2D eigenvalue weighted by molar-refractivity contribution is 9.10. The number of amides is 2. The van der Waals surface area contributed by atoms with Gasteiger partial charge in [-0.3, -0.25) is 14.5 Å². The van der Waals surface area contributed by atoms with Gasteiger partial charge in [-0.15, -0.1) is 0 Å². The zero-order valence-electron chi connectivity index (χ0n) is 19.6. The van der Waals surface area contributed by atoms with Crippen molar-refractivity contribution in [1.82, 2.24) is 5.32 Å². The van der Waals surface area contributed by atoms with E-state index in [0.717, 1.165) is 10.0 Å². The Morgan fingerprint density at radius 3 is 2.15 bits per heavy atom. The summed E-state index contributed by atoms with van der Waals surface area (Å²) in [4.78, 5) is 29.4. The van der Waals surface area contributed by atoms with E-state index in [1.807, 2.05) is 81.4 Å². The van der Waals surface area contributed by atoms with Gasteiger partial charge in [0.2, 0.25) is 0 Å². The first-order chi connectivity index (χ1) is 16.2. The monoisotopic (exact) mass is 518 g/mol. The topological polar surface area (TPSA) is 58.6 Å². The van der Waals surface area contributed by atoms with E-state index in [-0.39, 0.29) is 11.8 Å². The fraction of sp³-hybridized carbons (Fsp3) is 0.214. The molecule has 1 fully saturated rings. The number of hydrogen-bond acceptors (Lipinski definition) is 3. The Morgan fingerprint density at radius 1 is 0.971 bits per heavy atom. The summed E-state index contributed by atoms with van der Waals surface area (Å²) in [7, 11) is 1.59. The van der Waals surface area contributed by atoms with Crippen LogP contribution in [0.15, 0.2) is 88.9 Å². The van der Waals surface area contributed by atoms with E-state index in [1.54, 1.807) is 36.3 Å². The smallest absolute Gasteiger partial charge is 0.259 e. The molecule has 1 aliphatic rings. The van der Waals surface area contributed by atoms with Crippen LogP contribution in [0.4, 0.5) is 5.69 Å². The number of halogens is 1. The van der Waals surface area contributed by atoms with Gasteiger partial charge < -0.3 is 10.1 Å². The third kappa shape index (κ3) is 4.26. The molecule has 3 aromatic rings. The van der Waals surface area contributed by atoms with Crippen molar-refractivity contribution >= 4 is 39.5 Å². The van der Waals surface area contributed by atoms with Crippen LogP contribution in [0.1, 0.15) is 31.9 Å². The Hall–Kier alpha value is -3.38. The summed E-state index contributed by atoms with van der Waals surface area (Å²) >= 11 is 3.49. The quantitative estimate of drug-likeness (QED) is 0.348. The van der Waals surface area contributed by atoms with Crippen LogP contribution >= 0.6 is 15.9 Å². The van der Waals surface area contributed by atoms with E-state index in [4.69, 9.17) is 4.74 Å². The first-order valence-electron chi connectivity index (χ1n) is 11.0. The molecule has 34 heavy (non-hydrogen) atoms. The summed E-state index contributed by atoms with van der Waals surface area (Å²) in [5, 5.41) is 3.12. The average Bonchev–Trinajstić information content (AvgIpc) is 2.81. The van der Waals surface area contributed by atoms with Gasteiger partial charge in [-0.1, -0.05) is 58.4 Å². The zero-order chi connectivity index (χ0) is 24.5. The molecule has 0 aliphatic carbocycles. The molecular weight excluding hydrogens is 492 g/mol. The van der Waals surface area contributed by atoms with Crippen LogP contribution in [0.5, 0.6) is 5.75 Å². The second kappa shape index (κ2) is 9.11. The molecular formula is C28H27BrN2O3. The number of β-lactam (4-membered cyclic amide) rings is 1. The largest absolute Gasteiger partial charge is 0.497 e. The molecule has 0 spiro atoms. The molecule has 1 saturated heterocycles. The van der Waals surface area contributed by atoms with Crippen molar-refractivity contribution in [2.45, 2.75) is 31.8 Å². The van der Waals surface area contributed by atoms with E-state index < -0.39 is 11.1 Å². The zero-order valence-corrected chi connectivity index (χ0v) is 21.2. The van der Waals surface area contributed by atoms with Crippen molar-refractivity contribution < 1.29 is 14.3 Å². The number of nitrogens with zero attached hydrogens (tertiary/aromatic N) is 1. The van der Waals surface area contributed by atoms with E-state index >= 15 is 0 Å². The lowest BCUT2D eigenvalue weighted by molar-refractivity contribution is -0.135. The molecule has 1 aliphatic heterocycles. The summed E-state index contributed by atoms with van der Waals surface area (Å²) in [6.07, 6.45) is 1.81. The van der Waals surface area contributed by atoms with E-state index in [2.05, 4.69) is 21.2 Å². The molecule has 1 N–H and O–H groups in total. The Balaban J connectivity index is 1.97. The molecule has 4 rings (SSSR count). The molecule has 1 heterocycles. The number of hydrogen-bond donors (Lipinski definition) is 1. The molecule has 6 heteroatoms. The first-order valence-corrected chi connectivity index (χ1v) is 11.8. The average molecular weight is 519 g/mol. The van der Waals surface area contributed by atoms with Gasteiger partial charge in [0.15, 0.2) is 5.54 Å². The molecule has 0 aromatic heterocycles. The number of carbonyl (C=O) groups is 2. The Labute approximate surface area is 208 Å². The molecule has 1 atom stereocenters. The lowest BCUT2D eigenvalue weighted by atomic mass is 9.70. The normalized spacial score (nSPS) is 19.0. The van der Waals surface area contributed by atoms with Crippen molar-refractivity contribution in [3.05, 3.63) is 100 Å². The molecule has 174 valence electrons. The van der Waals surface area contributed by atoms with Crippen molar-refractivity contribution in [3.63, 3.8) is 0 Å². The fourth-order valence-corrected chi connectivity index (χ4v) is 4.45. The number of carbonyl (C=O) groups excluding carboxylic acids is 2. The van der Waals surface area contributed by atoms with Gasteiger partial charge in [0.1, 0.15) is 5.75 Å². The highest BCUT2D eigenvalue weighted by Crippen LogP contribution is 2.50. The van der Waals surface area contributed by atoms with E-state index in [1.165, 1.54) is 0 Å². The van der Waals surface area contributed by atoms with Crippen molar-refractivity contribution in [1.29, 1.82) is 0 Å². The number of nitrogens with one attached hydrogen (secondary N) is 1. The second-order valence-electron chi connectivity index (χ2n) is 9.23. The molecule has 0 bridgehead atoms. The molecule has 5 nitrogen and oxygen atoms in total. The standard InChI is InChI=1S/C28H27BrN2O3/c1-27(2,3)30-26(33)28(20-10-12-21(29)13-11-20)24(18-19-8-6-5-7-9-19)25(32)31(28)22-14-16-23(34-4)17-15-22/h5-18H,1-4H3,(H,30,33)/b24-18+. The van der Waals surface area contributed by atoms with Gasteiger partial charge in [-0.2, -0.15) is 0 Å². The van der Waals surface area contributed by atoms with Crippen LogP contribution in [0.3, 0.4) is 0 Å². The van der Waals surface area contributed by atoms with Gasteiger partial charge in [-0.05, 0) is 74.4 Å². The third-order valence-electron chi connectivity index (χ3n) is 5.68. The predicted octanol–water partition coefficient (Wildman–Crippen LogP) is 5.70. The number of benzene rings is 3. The van der Waals surface area contributed by atoms with Gasteiger partial charge in [0.05, 0.1) is 12.7 Å². The molecule has 1 unspecified atom stereocenters. The third-order valence-corrected chi connectivity index (χ3v) is 6.21. The maximum absolute atomic E-state index is 14.1. The van der Waals surface area contributed by atoms with Crippen molar-refractivity contribution in [3.8, 4) is 5.75 Å². The summed E-state index contributed by atoms with van der Waals surface area (Å²) in [5.74, 6) is 0.186. The molecule has 2 amide bonds. The lowest BCUT2D eigenvalue weighted by Gasteiger charge is -2.53. The number of rotatable bonds is 5. The van der Waals surface area contributed by atoms with Crippen LogP contribution in [-0.2, 0) is 15.1 Å². The van der Waals surface area contributed by atoms with Gasteiger partial charge >= 0.3 is 0 Å². The van der Waals surface area contributed by atoms with E-state index in [0.29, 0.717) is 22.6 Å². The summed E-state index contributed by atoms with van der Waals surface area (Å²) in [6.45, 7) is 5.79. The van der Waals surface area contributed by atoms with Crippen LogP contribution < -0.4 is 15.0 Å². The van der Waals surface area contributed by atoms with Gasteiger partial charge in [-0.25, -0.2) is 0 Å². The Bertz CT molecular complexity index is 1230. The minimum atomic E-state index is -1.34. The first kappa shape index (κ1) is 23.8. The maximum Gasteiger partial charge on any atom is 0.259 e. The van der Waals surface area contributed by atoms with Crippen molar-refractivity contribution in [2.24, 2.45) is 0 Å². The Morgan fingerprint density at radius 2 is 1.59 bits per heavy atom. The van der Waals surface area contributed by atoms with Gasteiger partial charge in [0.25, 0.3) is 11.8 Å². The van der Waals surface area contributed by atoms with Crippen molar-refractivity contribution in [2.75, 3.05) is 12.0 Å². The second-order valence-corrected chi connectivity index (χ2v) is 10.1. The highest BCUT2D eigenvalue weighted by atomic mass is 79.9. The summed E-state index contributed by atoms with van der Waals surface area (Å²) in [5.41, 5.74) is 0.749. The number of anilines is 1. The van der Waals surface area contributed by atoms with Crippen LogP contribution in [-0.4, -0.2) is 24.5 Å². The summed E-state index contributed by atoms with van der Waals surface area (Å²) < 4.78 is 6.18. The maximum atomic E-state index is 14.1. The minimum absolute atomic E-state index is 0.221. The van der Waals surface area contributed by atoms with Crippen LogP contribution in [0, 0.1) is 0 Å². The summed E-state index contributed by atoms with van der Waals surface area (Å²) in [6, 6.07) is 24.3. The Kier molecular flexibility index (Phi) is 6.36. The van der Waals surface area contributed by atoms with Gasteiger partial charge in [0, 0.05) is 15.7 Å². The SMILES string of the molecule is COc1ccc(N2C(=O)/C(=C\c3ccccc3)C2(C(=O)NC(C)(C)C)c2ccc(Br)cc2)cc1. The van der Waals surface area contributed by atoms with Crippen LogP contribution in [0.25, 0.3) is 6.08 Å². The molecule has 0 saturated carbocycles. The number of methoxy groups -OCH3 is 1. The number of ether oxygens (including phenoxy) is 1. The van der Waals surface area contributed by atoms with Crippen LogP contribution in [0.2, 0.25) is 0 Å². The molecule has 3 aromatic carbocycles. The van der Waals surface area contributed by atoms with E-state index in [9.17, 15) is 9.59 Å².